The Hall–Kier alpha value is -2.78. The molecule has 3 atom stereocenters. The van der Waals surface area contributed by atoms with Crippen LogP contribution in [0, 0.1) is 0 Å². The van der Waals surface area contributed by atoms with Gasteiger partial charge >= 0.3 is 0 Å². The third kappa shape index (κ3) is 4.20. The summed E-state index contributed by atoms with van der Waals surface area (Å²) >= 11 is 0. The maximum absolute atomic E-state index is 13.4. The van der Waals surface area contributed by atoms with Gasteiger partial charge in [-0.05, 0) is 69.4 Å². The number of carbonyl (C=O) groups excluding carboxylic acids is 1. The Morgan fingerprint density at radius 2 is 2.03 bits per heavy atom. The van der Waals surface area contributed by atoms with Crippen molar-refractivity contribution in [2.45, 2.75) is 114 Å². The maximum Gasteiger partial charge on any atom is 0.251 e. The van der Waals surface area contributed by atoms with E-state index in [2.05, 4.69) is 42.4 Å². The van der Waals surface area contributed by atoms with Gasteiger partial charge in [-0.3, -0.25) is 14.8 Å². The normalized spacial score (nSPS) is 34.5. The van der Waals surface area contributed by atoms with Crippen LogP contribution in [0.4, 0.5) is 0 Å². The van der Waals surface area contributed by atoms with E-state index in [1.165, 1.54) is 24.8 Å². The molecule has 2 aromatic rings. The Balaban J connectivity index is 1.06. The molecule has 4 aliphatic heterocycles. The number of benzene rings is 1. The van der Waals surface area contributed by atoms with Crippen molar-refractivity contribution in [3.8, 4) is 5.75 Å². The molecule has 0 radical (unpaired) electrons. The molecule has 6 aliphatic rings. The van der Waals surface area contributed by atoms with E-state index in [-0.39, 0.29) is 23.7 Å². The number of pyridine rings is 1. The number of nitrogens with one attached hydrogen (secondary N) is 1. The summed E-state index contributed by atoms with van der Waals surface area (Å²) in [5, 5.41) is 15.8. The zero-order valence-corrected chi connectivity index (χ0v) is 23.2. The van der Waals surface area contributed by atoms with Crippen LogP contribution in [-0.2, 0) is 27.3 Å². The molecule has 2 saturated heterocycles. The number of rotatable bonds is 6. The first-order valence-electron chi connectivity index (χ1n) is 14.6. The second-order valence-corrected chi connectivity index (χ2v) is 12.9. The average molecular weight is 534 g/mol. The summed E-state index contributed by atoms with van der Waals surface area (Å²) in [5.74, 6) is 0.810. The molecule has 1 N–H and O–H groups in total. The van der Waals surface area contributed by atoms with Crippen molar-refractivity contribution in [2.75, 3.05) is 13.2 Å². The number of hydrogen-bond acceptors (Lipinski definition) is 8. The number of aromatic nitrogens is 1. The van der Waals surface area contributed by atoms with Gasteiger partial charge in [-0.25, -0.2) is 0 Å². The van der Waals surface area contributed by atoms with Gasteiger partial charge in [0.15, 0.2) is 6.10 Å². The average Bonchev–Trinajstić information content (AvgIpc) is 3.57. The highest BCUT2D eigenvalue weighted by Gasteiger charge is 2.72. The molecule has 9 nitrogen and oxygen atoms in total. The first kappa shape index (κ1) is 25.2. The lowest BCUT2D eigenvalue weighted by Crippen LogP contribution is -2.63. The van der Waals surface area contributed by atoms with E-state index in [1.54, 1.807) is 0 Å². The summed E-state index contributed by atoms with van der Waals surface area (Å²) in [6, 6.07) is 6.36. The van der Waals surface area contributed by atoms with Crippen LogP contribution in [0.5, 0.6) is 5.75 Å². The predicted octanol–water partition coefficient (Wildman–Crippen LogP) is 4.66. The molecule has 2 aliphatic carbocycles. The topological polar surface area (TPSA) is 97.6 Å². The van der Waals surface area contributed by atoms with Crippen LogP contribution in [0.15, 0.2) is 34.7 Å². The quantitative estimate of drug-likeness (QED) is 0.580. The SMILES string of the molecule is C[C@@H](Oc1ccc2ncc3c(c2c1)CCOC3)C1(C)CN(C23CC(C)(C2)OC3C(=O)NC2CCCCC2)N=N1. The van der Waals surface area contributed by atoms with Crippen LogP contribution in [-0.4, -0.2) is 64.0 Å². The molecule has 1 amide bonds. The minimum absolute atomic E-state index is 0.00901. The Kier molecular flexibility index (Phi) is 5.90. The monoisotopic (exact) mass is 533 g/mol. The molecule has 2 saturated carbocycles. The highest BCUT2D eigenvalue weighted by atomic mass is 16.5. The zero-order valence-electron chi connectivity index (χ0n) is 23.2. The van der Waals surface area contributed by atoms with Crippen molar-refractivity contribution in [3.63, 3.8) is 0 Å². The predicted molar refractivity (Wildman–Crippen MR) is 145 cm³/mol. The van der Waals surface area contributed by atoms with Gasteiger partial charge in [0, 0.05) is 30.5 Å². The minimum Gasteiger partial charge on any atom is -0.488 e. The molecule has 39 heavy (non-hydrogen) atoms. The summed E-state index contributed by atoms with van der Waals surface area (Å²) in [5.41, 5.74) is 2.16. The summed E-state index contributed by atoms with van der Waals surface area (Å²) < 4.78 is 18.5. The second-order valence-electron chi connectivity index (χ2n) is 12.9. The molecule has 5 heterocycles. The number of carbonyl (C=O) groups is 1. The van der Waals surface area contributed by atoms with Gasteiger partial charge in [-0.2, -0.15) is 5.11 Å². The van der Waals surface area contributed by atoms with Gasteiger partial charge in [-0.1, -0.05) is 24.5 Å². The fraction of sp³-hybridized carbons (Fsp3) is 0.667. The number of hydrogen-bond donors (Lipinski definition) is 1. The van der Waals surface area contributed by atoms with E-state index in [1.807, 2.05) is 23.3 Å². The molecule has 4 fully saturated rings. The van der Waals surface area contributed by atoms with Crippen LogP contribution >= 0.6 is 0 Å². The summed E-state index contributed by atoms with van der Waals surface area (Å²) in [4.78, 5) is 18.0. The van der Waals surface area contributed by atoms with Gasteiger partial charge in [0.1, 0.15) is 22.9 Å². The number of amides is 1. The van der Waals surface area contributed by atoms with Crippen molar-refractivity contribution in [1.82, 2.24) is 15.3 Å². The van der Waals surface area contributed by atoms with Gasteiger partial charge < -0.3 is 19.5 Å². The Bertz CT molecular complexity index is 1320. The largest absolute Gasteiger partial charge is 0.488 e. The Morgan fingerprint density at radius 1 is 1.21 bits per heavy atom. The van der Waals surface area contributed by atoms with E-state index in [0.717, 1.165) is 60.9 Å². The van der Waals surface area contributed by atoms with E-state index in [4.69, 9.17) is 19.3 Å². The van der Waals surface area contributed by atoms with Crippen LogP contribution in [0.1, 0.15) is 76.8 Å². The van der Waals surface area contributed by atoms with Crippen LogP contribution < -0.4 is 10.1 Å². The van der Waals surface area contributed by atoms with Crippen molar-refractivity contribution < 1.29 is 19.0 Å². The smallest absolute Gasteiger partial charge is 0.251 e. The highest BCUT2D eigenvalue weighted by molar-refractivity contribution is 5.85. The summed E-state index contributed by atoms with van der Waals surface area (Å²) in [6.07, 6.45) is 9.38. The highest BCUT2D eigenvalue weighted by Crippen LogP contribution is 2.59. The van der Waals surface area contributed by atoms with Crippen molar-refractivity contribution in [2.24, 2.45) is 10.3 Å². The maximum atomic E-state index is 13.4. The molecule has 1 aromatic carbocycles. The fourth-order valence-corrected chi connectivity index (χ4v) is 7.47. The summed E-state index contributed by atoms with van der Waals surface area (Å²) in [7, 11) is 0. The van der Waals surface area contributed by atoms with Crippen LogP contribution in [0.2, 0.25) is 0 Å². The van der Waals surface area contributed by atoms with Crippen LogP contribution in [0.25, 0.3) is 10.9 Å². The third-order valence-electron chi connectivity index (χ3n) is 9.79. The van der Waals surface area contributed by atoms with E-state index >= 15 is 0 Å². The molecule has 0 spiro atoms. The lowest BCUT2D eigenvalue weighted by atomic mass is 9.66. The number of fused-ring (bicyclic) bond motifs is 4. The molecule has 8 rings (SSSR count). The number of nitrogens with zero attached hydrogens (tertiary/aromatic N) is 4. The molecule has 2 bridgehead atoms. The van der Waals surface area contributed by atoms with Gasteiger partial charge in [0.25, 0.3) is 5.91 Å². The van der Waals surface area contributed by atoms with Gasteiger partial charge in [-0.15, -0.1) is 0 Å². The molecule has 208 valence electrons. The van der Waals surface area contributed by atoms with Crippen LogP contribution in [0.3, 0.4) is 0 Å². The first-order valence-corrected chi connectivity index (χ1v) is 14.6. The van der Waals surface area contributed by atoms with Crippen molar-refractivity contribution in [3.05, 3.63) is 35.5 Å². The molecule has 1 aromatic heterocycles. The zero-order chi connectivity index (χ0) is 26.8. The minimum atomic E-state index is -0.551. The lowest BCUT2D eigenvalue weighted by molar-refractivity contribution is -0.135. The molecular weight excluding hydrogens is 494 g/mol. The van der Waals surface area contributed by atoms with Gasteiger partial charge in [0.2, 0.25) is 0 Å². The van der Waals surface area contributed by atoms with E-state index in [9.17, 15) is 4.79 Å². The van der Waals surface area contributed by atoms with Crippen molar-refractivity contribution >= 4 is 16.8 Å². The Labute approximate surface area is 229 Å². The molecule has 2 unspecified atom stereocenters. The Morgan fingerprint density at radius 3 is 2.85 bits per heavy atom. The van der Waals surface area contributed by atoms with Crippen molar-refractivity contribution in [1.29, 1.82) is 0 Å². The second kappa shape index (κ2) is 9.13. The standard InChI is InChI=1S/C30H39N5O4/c1-19(38-22-9-10-25-24(13-22)23-11-12-37-15-20(23)14-31-25)29(3)18-35(34-33-29)30-16-28(2,17-30)39-26(30)27(36)32-21-7-5-4-6-8-21/h9-10,13-14,19,21,26H,4-8,11-12,15-18H2,1-3H3,(H,32,36)/t19-,26?,28?,29?,30?/m1/s1. The lowest BCUT2D eigenvalue weighted by Gasteiger charge is -2.48. The summed E-state index contributed by atoms with van der Waals surface area (Å²) in [6.45, 7) is 8.17. The van der Waals surface area contributed by atoms with E-state index < -0.39 is 17.2 Å². The fourth-order valence-electron chi connectivity index (χ4n) is 7.47. The van der Waals surface area contributed by atoms with E-state index in [0.29, 0.717) is 13.2 Å². The molecular formula is C30H39N5O4. The number of ether oxygens (including phenoxy) is 3. The molecule has 9 heteroatoms. The first-order chi connectivity index (χ1) is 18.8. The van der Waals surface area contributed by atoms with Gasteiger partial charge in [0.05, 0.1) is 30.9 Å². The third-order valence-corrected chi connectivity index (χ3v) is 9.79.